The van der Waals surface area contributed by atoms with E-state index in [0.717, 1.165) is 63.7 Å². The van der Waals surface area contributed by atoms with Gasteiger partial charge in [0.1, 0.15) is 0 Å². The van der Waals surface area contributed by atoms with Gasteiger partial charge in [-0.1, -0.05) is 41.9 Å². The van der Waals surface area contributed by atoms with Crippen molar-refractivity contribution in [3.63, 3.8) is 0 Å². The number of benzene rings is 2. The predicted molar refractivity (Wildman–Crippen MR) is 115 cm³/mol. The summed E-state index contributed by atoms with van der Waals surface area (Å²) in [5, 5.41) is 0.769. The van der Waals surface area contributed by atoms with E-state index in [2.05, 4.69) is 51.1 Å². The third-order valence-corrected chi connectivity index (χ3v) is 6.14. The lowest BCUT2D eigenvalue weighted by molar-refractivity contribution is -0.137. The van der Waals surface area contributed by atoms with Gasteiger partial charge in [0.15, 0.2) is 0 Å². The van der Waals surface area contributed by atoms with E-state index < -0.39 is 0 Å². The topological polar surface area (TPSA) is 26.8 Å². The minimum atomic E-state index is 0.129. The Hall–Kier alpha value is -2.04. The maximum atomic E-state index is 13.1. The summed E-state index contributed by atoms with van der Waals surface area (Å²) < 4.78 is 0. The van der Waals surface area contributed by atoms with Gasteiger partial charge < -0.3 is 9.80 Å². The van der Waals surface area contributed by atoms with Gasteiger partial charge in [0, 0.05) is 50.0 Å². The van der Waals surface area contributed by atoms with Crippen molar-refractivity contribution in [3.05, 3.63) is 65.2 Å². The Morgan fingerprint density at radius 3 is 2.36 bits per heavy atom. The SMILES string of the molecule is O=C(C1CCCN(Cc2ccc(Cl)cc2)C1)N1CCN(c2ccccc2)CC1. The second-order valence-electron chi connectivity index (χ2n) is 7.85. The van der Waals surface area contributed by atoms with Gasteiger partial charge in [-0.3, -0.25) is 9.69 Å². The summed E-state index contributed by atoms with van der Waals surface area (Å²) in [6.45, 7) is 6.29. The van der Waals surface area contributed by atoms with Crippen LogP contribution in [0, 0.1) is 5.92 Å². The first-order chi connectivity index (χ1) is 13.7. The molecule has 0 bridgehead atoms. The zero-order chi connectivity index (χ0) is 19.3. The van der Waals surface area contributed by atoms with E-state index in [1.807, 2.05) is 18.2 Å². The number of piperidine rings is 1. The van der Waals surface area contributed by atoms with Crippen molar-refractivity contribution in [2.45, 2.75) is 19.4 Å². The molecule has 2 heterocycles. The van der Waals surface area contributed by atoms with Gasteiger partial charge >= 0.3 is 0 Å². The van der Waals surface area contributed by atoms with Crippen LogP contribution in [0.3, 0.4) is 0 Å². The highest BCUT2D eigenvalue weighted by Gasteiger charge is 2.31. The molecule has 0 N–H and O–H groups in total. The molecule has 0 spiro atoms. The van der Waals surface area contributed by atoms with Gasteiger partial charge in [0.25, 0.3) is 0 Å². The maximum Gasteiger partial charge on any atom is 0.227 e. The van der Waals surface area contributed by atoms with E-state index >= 15 is 0 Å². The number of likely N-dealkylation sites (tertiary alicyclic amines) is 1. The Morgan fingerprint density at radius 2 is 1.64 bits per heavy atom. The average Bonchev–Trinajstić information content (AvgIpc) is 2.76. The molecule has 1 unspecified atom stereocenters. The number of carbonyl (C=O) groups excluding carboxylic acids is 1. The van der Waals surface area contributed by atoms with Crippen LogP contribution in [0.2, 0.25) is 5.02 Å². The number of para-hydroxylation sites is 1. The number of halogens is 1. The van der Waals surface area contributed by atoms with Crippen LogP contribution in [0.15, 0.2) is 54.6 Å². The van der Waals surface area contributed by atoms with Gasteiger partial charge in [0.2, 0.25) is 5.91 Å². The predicted octanol–water partition coefficient (Wildman–Crippen LogP) is 3.90. The van der Waals surface area contributed by atoms with Crippen LogP contribution in [0.4, 0.5) is 5.69 Å². The highest BCUT2D eigenvalue weighted by atomic mass is 35.5. The fraction of sp³-hybridized carbons (Fsp3) is 0.435. The fourth-order valence-corrected chi connectivity index (χ4v) is 4.46. The van der Waals surface area contributed by atoms with E-state index in [1.165, 1.54) is 11.3 Å². The third-order valence-electron chi connectivity index (χ3n) is 5.89. The molecule has 0 aromatic heterocycles. The summed E-state index contributed by atoms with van der Waals surface area (Å²) in [5.74, 6) is 0.470. The lowest BCUT2D eigenvalue weighted by Crippen LogP contribution is -2.52. The minimum Gasteiger partial charge on any atom is -0.368 e. The van der Waals surface area contributed by atoms with Crippen LogP contribution in [0.5, 0.6) is 0 Å². The smallest absolute Gasteiger partial charge is 0.227 e. The second kappa shape index (κ2) is 8.97. The molecular formula is C23H28ClN3O. The molecule has 0 radical (unpaired) electrons. The molecule has 2 aromatic rings. The van der Waals surface area contributed by atoms with Gasteiger partial charge in [-0.05, 0) is 49.2 Å². The van der Waals surface area contributed by atoms with Gasteiger partial charge in [-0.25, -0.2) is 0 Å². The number of hydrogen-bond donors (Lipinski definition) is 0. The Bertz CT molecular complexity index is 772. The van der Waals surface area contributed by atoms with Crippen molar-refractivity contribution in [2.24, 2.45) is 5.92 Å². The molecule has 2 saturated heterocycles. The molecule has 2 fully saturated rings. The van der Waals surface area contributed by atoms with Crippen molar-refractivity contribution in [1.82, 2.24) is 9.80 Å². The molecule has 1 amide bonds. The Morgan fingerprint density at radius 1 is 0.929 bits per heavy atom. The molecule has 4 rings (SSSR count). The summed E-state index contributed by atoms with van der Waals surface area (Å²) in [4.78, 5) is 20.0. The van der Waals surface area contributed by atoms with Crippen molar-refractivity contribution in [3.8, 4) is 0 Å². The first-order valence-electron chi connectivity index (χ1n) is 10.2. The van der Waals surface area contributed by atoms with Crippen molar-refractivity contribution in [1.29, 1.82) is 0 Å². The van der Waals surface area contributed by atoms with E-state index in [0.29, 0.717) is 5.91 Å². The monoisotopic (exact) mass is 397 g/mol. The molecule has 28 heavy (non-hydrogen) atoms. The quantitative estimate of drug-likeness (QED) is 0.782. The molecule has 2 aliphatic rings. The number of anilines is 1. The van der Waals surface area contributed by atoms with Crippen LogP contribution in [-0.2, 0) is 11.3 Å². The summed E-state index contributed by atoms with van der Waals surface area (Å²) in [7, 11) is 0. The maximum absolute atomic E-state index is 13.1. The average molecular weight is 398 g/mol. The lowest BCUT2D eigenvalue weighted by Gasteiger charge is -2.39. The summed E-state index contributed by atoms with van der Waals surface area (Å²) >= 11 is 5.99. The molecule has 2 aromatic carbocycles. The van der Waals surface area contributed by atoms with E-state index in [1.54, 1.807) is 0 Å². The third kappa shape index (κ3) is 4.68. The van der Waals surface area contributed by atoms with Gasteiger partial charge in [0.05, 0.1) is 5.92 Å². The van der Waals surface area contributed by atoms with E-state index in [9.17, 15) is 4.79 Å². The largest absolute Gasteiger partial charge is 0.368 e. The highest BCUT2D eigenvalue weighted by molar-refractivity contribution is 6.30. The first-order valence-corrected chi connectivity index (χ1v) is 10.6. The van der Waals surface area contributed by atoms with E-state index in [-0.39, 0.29) is 5.92 Å². The Balaban J connectivity index is 1.30. The molecule has 1 atom stereocenters. The second-order valence-corrected chi connectivity index (χ2v) is 8.29. The van der Waals surface area contributed by atoms with Crippen LogP contribution < -0.4 is 4.90 Å². The number of hydrogen-bond acceptors (Lipinski definition) is 3. The van der Waals surface area contributed by atoms with Crippen molar-refractivity contribution < 1.29 is 4.79 Å². The van der Waals surface area contributed by atoms with Gasteiger partial charge in [-0.2, -0.15) is 0 Å². The zero-order valence-corrected chi connectivity index (χ0v) is 17.0. The fourth-order valence-electron chi connectivity index (χ4n) is 4.33. The van der Waals surface area contributed by atoms with Gasteiger partial charge in [-0.15, -0.1) is 0 Å². The zero-order valence-electron chi connectivity index (χ0n) is 16.3. The van der Waals surface area contributed by atoms with Crippen LogP contribution >= 0.6 is 11.6 Å². The van der Waals surface area contributed by atoms with Crippen molar-refractivity contribution >= 4 is 23.2 Å². The minimum absolute atomic E-state index is 0.129. The lowest BCUT2D eigenvalue weighted by atomic mass is 9.95. The number of nitrogens with zero attached hydrogens (tertiary/aromatic N) is 3. The molecule has 0 saturated carbocycles. The Labute approximate surface area is 172 Å². The summed E-state index contributed by atoms with van der Waals surface area (Å²) in [6, 6.07) is 18.5. The number of amides is 1. The van der Waals surface area contributed by atoms with Crippen molar-refractivity contribution in [2.75, 3.05) is 44.2 Å². The highest BCUT2D eigenvalue weighted by Crippen LogP contribution is 2.23. The summed E-state index contributed by atoms with van der Waals surface area (Å²) in [6.07, 6.45) is 2.10. The number of rotatable bonds is 4. The molecule has 5 heteroatoms. The molecule has 4 nitrogen and oxygen atoms in total. The molecule has 0 aliphatic carbocycles. The standard InChI is InChI=1S/C23H28ClN3O/c24-21-10-8-19(9-11-21)17-25-12-4-5-20(18-25)23(28)27-15-13-26(14-16-27)22-6-2-1-3-7-22/h1-3,6-11,20H,4-5,12-18H2. The molecular weight excluding hydrogens is 370 g/mol. The molecule has 148 valence electrons. The van der Waals surface area contributed by atoms with Crippen LogP contribution in [0.25, 0.3) is 0 Å². The number of carbonyl (C=O) groups is 1. The van der Waals surface area contributed by atoms with Crippen LogP contribution in [0.1, 0.15) is 18.4 Å². The summed E-state index contributed by atoms with van der Waals surface area (Å²) in [5.41, 5.74) is 2.51. The molecule has 2 aliphatic heterocycles. The van der Waals surface area contributed by atoms with Crippen LogP contribution in [-0.4, -0.2) is 55.0 Å². The van der Waals surface area contributed by atoms with E-state index in [4.69, 9.17) is 11.6 Å². The number of piperazine rings is 1. The Kier molecular flexibility index (Phi) is 6.18. The normalized spacial score (nSPS) is 21.0. The first kappa shape index (κ1) is 19.3.